The van der Waals surface area contributed by atoms with Gasteiger partial charge >= 0.3 is 0 Å². The molecule has 1 aromatic rings. The molecule has 0 aromatic heterocycles. The predicted molar refractivity (Wildman–Crippen MR) is 82.9 cm³/mol. The largest absolute Gasteiger partial charge is 0.337 e. The van der Waals surface area contributed by atoms with Crippen LogP contribution in [0.15, 0.2) is 24.3 Å². The van der Waals surface area contributed by atoms with Gasteiger partial charge in [0, 0.05) is 12.1 Å². The van der Waals surface area contributed by atoms with E-state index in [-0.39, 0.29) is 11.9 Å². The van der Waals surface area contributed by atoms with Gasteiger partial charge < -0.3 is 10.2 Å². The van der Waals surface area contributed by atoms with Crippen LogP contribution in [-0.2, 0) is 4.79 Å². The first-order valence-corrected chi connectivity index (χ1v) is 7.59. The molecule has 0 aliphatic carbocycles. The zero-order valence-corrected chi connectivity index (χ0v) is 13.2. The molecule has 1 heterocycles. The van der Waals surface area contributed by atoms with Crippen molar-refractivity contribution < 1.29 is 4.79 Å². The number of halogens is 1. The lowest BCUT2D eigenvalue weighted by molar-refractivity contribution is -0.139. The van der Waals surface area contributed by atoms with Gasteiger partial charge in [-0.15, -0.1) is 0 Å². The molecule has 1 aliphatic rings. The van der Waals surface area contributed by atoms with E-state index in [2.05, 4.69) is 5.32 Å². The molecule has 0 saturated carbocycles. The van der Waals surface area contributed by atoms with Gasteiger partial charge in [0.2, 0.25) is 5.91 Å². The van der Waals surface area contributed by atoms with Crippen LogP contribution in [0.25, 0.3) is 0 Å². The summed E-state index contributed by atoms with van der Waals surface area (Å²) in [6.45, 7) is 4.98. The van der Waals surface area contributed by atoms with E-state index in [1.807, 2.05) is 50.1 Å². The number of carbonyl (C=O) groups is 1. The monoisotopic (exact) mass is 294 g/mol. The van der Waals surface area contributed by atoms with Gasteiger partial charge in [-0.2, -0.15) is 0 Å². The Bertz CT molecular complexity index is 466. The van der Waals surface area contributed by atoms with Crippen LogP contribution in [0.2, 0.25) is 5.02 Å². The van der Waals surface area contributed by atoms with E-state index in [1.54, 1.807) is 0 Å². The van der Waals surface area contributed by atoms with Crippen LogP contribution in [0.5, 0.6) is 0 Å². The summed E-state index contributed by atoms with van der Waals surface area (Å²) < 4.78 is 0. The number of likely N-dealkylation sites (N-methyl/N-ethyl adjacent to an activating group) is 1. The maximum atomic E-state index is 12.7. The average molecular weight is 295 g/mol. The molecule has 3 nitrogen and oxygen atoms in total. The second kappa shape index (κ2) is 6.15. The fourth-order valence-electron chi connectivity index (χ4n) is 2.77. The first kappa shape index (κ1) is 15.3. The van der Waals surface area contributed by atoms with Gasteiger partial charge in [-0.05, 0) is 57.4 Å². The average Bonchev–Trinajstić information content (AvgIpc) is 2.46. The van der Waals surface area contributed by atoms with Gasteiger partial charge in [0.05, 0.1) is 11.6 Å². The number of carbonyl (C=O) groups excluding carboxylic acids is 1. The Morgan fingerprint density at radius 2 is 2.00 bits per heavy atom. The number of piperidine rings is 1. The third-order valence-corrected chi connectivity index (χ3v) is 4.60. The minimum atomic E-state index is -0.423. The fraction of sp³-hybridized carbons (Fsp3) is 0.562. The number of hydrogen-bond donors (Lipinski definition) is 1. The Kier molecular flexibility index (Phi) is 4.71. The lowest BCUT2D eigenvalue weighted by atomic mass is 9.89. The standard InChI is InChI=1S/C16H23ClN2O/c1-12(13-6-8-14(17)9-7-13)19(3)15(20)16(2)10-4-5-11-18-16/h6-9,12,18H,4-5,10-11H2,1-3H3. The summed E-state index contributed by atoms with van der Waals surface area (Å²) in [5.41, 5.74) is 0.679. The maximum absolute atomic E-state index is 12.7. The summed E-state index contributed by atoms with van der Waals surface area (Å²) >= 11 is 5.91. The van der Waals surface area contributed by atoms with Gasteiger partial charge in [-0.3, -0.25) is 4.79 Å². The van der Waals surface area contributed by atoms with Crippen LogP contribution in [0, 0.1) is 0 Å². The van der Waals surface area contributed by atoms with Crippen molar-refractivity contribution in [2.75, 3.05) is 13.6 Å². The quantitative estimate of drug-likeness (QED) is 0.927. The van der Waals surface area contributed by atoms with Crippen molar-refractivity contribution in [3.05, 3.63) is 34.9 Å². The van der Waals surface area contributed by atoms with E-state index in [0.717, 1.165) is 36.4 Å². The Hall–Kier alpha value is -1.06. The molecule has 110 valence electrons. The maximum Gasteiger partial charge on any atom is 0.242 e. The van der Waals surface area contributed by atoms with Crippen molar-refractivity contribution >= 4 is 17.5 Å². The third kappa shape index (κ3) is 3.15. The summed E-state index contributed by atoms with van der Waals surface area (Å²) in [4.78, 5) is 14.6. The molecule has 1 fully saturated rings. The second-order valence-corrected chi connectivity index (χ2v) is 6.30. The van der Waals surface area contributed by atoms with Crippen molar-refractivity contribution in [3.63, 3.8) is 0 Å². The van der Waals surface area contributed by atoms with Crippen LogP contribution in [0.1, 0.15) is 44.7 Å². The minimum absolute atomic E-state index is 0.0420. The van der Waals surface area contributed by atoms with Gasteiger partial charge in [-0.25, -0.2) is 0 Å². The molecule has 2 atom stereocenters. The van der Waals surface area contributed by atoms with Crippen LogP contribution >= 0.6 is 11.6 Å². The number of nitrogens with zero attached hydrogens (tertiary/aromatic N) is 1. The fourth-order valence-corrected chi connectivity index (χ4v) is 2.89. The summed E-state index contributed by atoms with van der Waals surface area (Å²) in [7, 11) is 1.88. The van der Waals surface area contributed by atoms with Crippen molar-refractivity contribution in [1.82, 2.24) is 10.2 Å². The number of rotatable bonds is 3. The second-order valence-electron chi connectivity index (χ2n) is 5.86. The summed E-state index contributed by atoms with van der Waals surface area (Å²) in [5, 5.41) is 4.10. The number of nitrogens with one attached hydrogen (secondary N) is 1. The molecule has 0 radical (unpaired) electrons. The highest BCUT2D eigenvalue weighted by atomic mass is 35.5. The lowest BCUT2D eigenvalue weighted by Crippen LogP contribution is -2.57. The molecule has 0 bridgehead atoms. The Morgan fingerprint density at radius 3 is 2.55 bits per heavy atom. The highest BCUT2D eigenvalue weighted by Crippen LogP contribution is 2.26. The number of benzene rings is 1. The molecule has 1 saturated heterocycles. The molecular formula is C16H23ClN2O. The van der Waals surface area contributed by atoms with E-state index in [1.165, 1.54) is 0 Å². The molecule has 2 unspecified atom stereocenters. The Morgan fingerprint density at radius 1 is 1.35 bits per heavy atom. The smallest absolute Gasteiger partial charge is 0.242 e. The molecule has 1 amide bonds. The SMILES string of the molecule is CC(c1ccc(Cl)cc1)N(C)C(=O)C1(C)CCCCN1. The van der Waals surface area contributed by atoms with Crippen LogP contribution < -0.4 is 5.32 Å². The number of hydrogen-bond acceptors (Lipinski definition) is 2. The molecule has 1 N–H and O–H groups in total. The molecule has 20 heavy (non-hydrogen) atoms. The summed E-state index contributed by atoms with van der Waals surface area (Å²) in [5.74, 6) is 0.166. The molecule has 4 heteroatoms. The molecule has 1 aliphatic heterocycles. The predicted octanol–water partition coefficient (Wildman–Crippen LogP) is 3.39. The van der Waals surface area contributed by atoms with Crippen molar-refractivity contribution in [3.8, 4) is 0 Å². The van der Waals surface area contributed by atoms with Crippen molar-refractivity contribution in [1.29, 1.82) is 0 Å². The number of amides is 1. The lowest BCUT2D eigenvalue weighted by Gasteiger charge is -2.38. The Labute approximate surface area is 126 Å². The third-order valence-electron chi connectivity index (χ3n) is 4.34. The van der Waals surface area contributed by atoms with Crippen molar-refractivity contribution in [2.24, 2.45) is 0 Å². The summed E-state index contributed by atoms with van der Waals surface area (Å²) in [6.07, 6.45) is 3.17. The van der Waals surface area contributed by atoms with Crippen LogP contribution in [0.3, 0.4) is 0 Å². The summed E-state index contributed by atoms with van der Waals surface area (Å²) in [6, 6.07) is 7.74. The minimum Gasteiger partial charge on any atom is -0.337 e. The van der Waals surface area contributed by atoms with E-state index in [9.17, 15) is 4.79 Å². The van der Waals surface area contributed by atoms with E-state index in [0.29, 0.717) is 0 Å². The van der Waals surface area contributed by atoms with Crippen LogP contribution in [-0.4, -0.2) is 29.9 Å². The molecular weight excluding hydrogens is 272 g/mol. The first-order valence-electron chi connectivity index (χ1n) is 7.22. The zero-order valence-electron chi connectivity index (χ0n) is 12.4. The molecule has 2 rings (SSSR count). The highest BCUT2D eigenvalue weighted by Gasteiger charge is 2.37. The van der Waals surface area contributed by atoms with Gasteiger partial charge in [-0.1, -0.05) is 23.7 Å². The first-order chi connectivity index (χ1) is 9.44. The van der Waals surface area contributed by atoms with Gasteiger partial charge in [0.15, 0.2) is 0 Å². The van der Waals surface area contributed by atoms with E-state index < -0.39 is 5.54 Å². The van der Waals surface area contributed by atoms with E-state index in [4.69, 9.17) is 11.6 Å². The van der Waals surface area contributed by atoms with E-state index >= 15 is 0 Å². The van der Waals surface area contributed by atoms with Crippen LogP contribution in [0.4, 0.5) is 0 Å². The highest BCUT2D eigenvalue weighted by molar-refractivity contribution is 6.30. The molecule has 0 spiro atoms. The van der Waals surface area contributed by atoms with Gasteiger partial charge in [0.1, 0.15) is 0 Å². The molecule has 1 aromatic carbocycles. The zero-order chi connectivity index (χ0) is 14.8. The normalized spacial score (nSPS) is 24.2. The van der Waals surface area contributed by atoms with Gasteiger partial charge in [0.25, 0.3) is 0 Å². The Balaban J connectivity index is 2.11. The van der Waals surface area contributed by atoms with Crippen molar-refractivity contribution in [2.45, 2.75) is 44.7 Å². The topological polar surface area (TPSA) is 32.3 Å².